The second-order valence-electron chi connectivity index (χ2n) is 1.89. The SMILES string of the molecule is O=C1CCC#CCC1. The fourth-order valence-corrected chi connectivity index (χ4v) is 0.706. The van der Waals surface area contributed by atoms with Gasteiger partial charge in [-0.3, -0.25) is 4.79 Å². The minimum Gasteiger partial charge on any atom is -0.300 e. The molecule has 0 heterocycles. The third kappa shape index (κ3) is 1.38. The number of hydrogen-bond donors (Lipinski definition) is 0. The highest BCUT2D eigenvalue weighted by Crippen LogP contribution is 2.00. The standard InChI is InChI=1S/C7H8O/c8-7-5-3-1-2-4-6-7/h3-6H2. The first kappa shape index (κ1) is 5.37. The lowest BCUT2D eigenvalue weighted by Gasteiger charge is -1.86. The first-order valence-electron chi connectivity index (χ1n) is 2.87. The predicted octanol–water partition coefficient (Wildman–Crippen LogP) is 1.13. The summed E-state index contributed by atoms with van der Waals surface area (Å²) in [5.41, 5.74) is 0. The van der Waals surface area contributed by atoms with Gasteiger partial charge in [-0.05, 0) is 0 Å². The quantitative estimate of drug-likeness (QED) is 0.425. The highest BCUT2D eigenvalue weighted by atomic mass is 16.1. The maximum absolute atomic E-state index is 10.6. The molecular formula is C7H8O. The summed E-state index contributed by atoms with van der Waals surface area (Å²) in [6.07, 6.45) is 2.90. The van der Waals surface area contributed by atoms with Crippen molar-refractivity contribution >= 4 is 5.78 Å². The molecule has 0 unspecified atom stereocenters. The molecule has 42 valence electrons. The highest BCUT2D eigenvalue weighted by Gasteiger charge is 2.00. The van der Waals surface area contributed by atoms with Crippen molar-refractivity contribution in [1.82, 2.24) is 0 Å². The summed E-state index contributed by atoms with van der Waals surface area (Å²) >= 11 is 0. The van der Waals surface area contributed by atoms with Gasteiger partial charge in [-0.2, -0.15) is 0 Å². The molecule has 0 fully saturated rings. The van der Waals surface area contributed by atoms with Gasteiger partial charge in [0.1, 0.15) is 5.78 Å². The number of Topliss-reactive ketones (excluding diaryl/α,β-unsaturated/α-hetero) is 1. The van der Waals surface area contributed by atoms with Crippen LogP contribution in [0.4, 0.5) is 0 Å². The lowest BCUT2D eigenvalue weighted by Crippen LogP contribution is -1.92. The van der Waals surface area contributed by atoms with Crippen molar-refractivity contribution in [3.05, 3.63) is 0 Å². The van der Waals surface area contributed by atoms with E-state index >= 15 is 0 Å². The monoisotopic (exact) mass is 108 g/mol. The van der Waals surface area contributed by atoms with Gasteiger partial charge in [0.25, 0.3) is 0 Å². The predicted molar refractivity (Wildman–Crippen MR) is 31.3 cm³/mol. The van der Waals surface area contributed by atoms with Crippen LogP contribution in [0.5, 0.6) is 0 Å². The van der Waals surface area contributed by atoms with Crippen LogP contribution in [0.25, 0.3) is 0 Å². The molecule has 8 heavy (non-hydrogen) atoms. The fraction of sp³-hybridized carbons (Fsp3) is 0.571. The van der Waals surface area contributed by atoms with E-state index < -0.39 is 0 Å². The number of ketones is 1. The molecule has 0 atom stereocenters. The van der Waals surface area contributed by atoms with Gasteiger partial charge in [0.2, 0.25) is 0 Å². The zero-order chi connectivity index (χ0) is 5.82. The normalized spacial score (nSPS) is 18.8. The topological polar surface area (TPSA) is 17.1 Å². The van der Waals surface area contributed by atoms with Crippen LogP contribution in [0, 0.1) is 11.8 Å². The van der Waals surface area contributed by atoms with Crippen LogP contribution < -0.4 is 0 Å². The van der Waals surface area contributed by atoms with Crippen LogP contribution in [-0.4, -0.2) is 5.78 Å². The molecule has 0 saturated carbocycles. The summed E-state index contributed by atoms with van der Waals surface area (Å²) in [6.45, 7) is 0. The molecule has 1 aliphatic rings. The molecular weight excluding hydrogens is 100 g/mol. The molecule has 0 radical (unpaired) electrons. The van der Waals surface area contributed by atoms with Gasteiger partial charge in [0.15, 0.2) is 0 Å². The van der Waals surface area contributed by atoms with Gasteiger partial charge in [-0.25, -0.2) is 0 Å². The molecule has 0 bridgehead atoms. The summed E-state index contributed by atoms with van der Waals surface area (Å²) < 4.78 is 0. The van der Waals surface area contributed by atoms with E-state index in [1.54, 1.807) is 0 Å². The summed E-state index contributed by atoms with van der Waals surface area (Å²) in [4.78, 5) is 10.6. The van der Waals surface area contributed by atoms with Gasteiger partial charge < -0.3 is 0 Å². The van der Waals surface area contributed by atoms with Crippen LogP contribution in [0.15, 0.2) is 0 Å². The molecule has 0 N–H and O–H groups in total. The van der Waals surface area contributed by atoms with E-state index in [1.165, 1.54) is 0 Å². The van der Waals surface area contributed by atoms with E-state index in [4.69, 9.17) is 0 Å². The Labute approximate surface area is 49.1 Å². The molecule has 0 saturated heterocycles. The maximum Gasteiger partial charge on any atom is 0.134 e. The van der Waals surface area contributed by atoms with Crippen molar-refractivity contribution in [2.45, 2.75) is 25.7 Å². The lowest BCUT2D eigenvalue weighted by atomic mass is 10.2. The van der Waals surface area contributed by atoms with Crippen molar-refractivity contribution in [2.24, 2.45) is 0 Å². The Hall–Kier alpha value is -0.770. The largest absolute Gasteiger partial charge is 0.300 e. The van der Waals surface area contributed by atoms with Gasteiger partial charge in [-0.1, -0.05) is 0 Å². The Morgan fingerprint density at radius 1 is 1.12 bits per heavy atom. The summed E-state index contributed by atoms with van der Waals surface area (Å²) in [6, 6.07) is 0. The molecule has 0 aromatic carbocycles. The van der Waals surface area contributed by atoms with Crippen LogP contribution in [0.3, 0.4) is 0 Å². The fourth-order valence-electron chi connectivity index (χ4n) is 0.706. The molecule has 1 nitrogen and oxygen atoms in total. The van der Waals surface area contributed by atoms with Crippen molar-refractivity contribution in [3.63, 3.8) is 0 Å². The van der Waals surface area contributed by atoms with Crippen molar-refractivity contribution < 1.29 is 4.79 Å². The Bertz CT molecular complexity index is 134. The van der Waals surface area contributed by atoms with Crippen molar-refractivity contribution in [2.75, 3.05) is 0 Å². The van der Waals surface area contributed by atoms with Crippen LogP contribution >= 0.6 is 0 Å². The molecule has 0 aliphatic heterocycles. The van der Waals surface area contributed by atoms with E-state index in [0.29, 0.717) is 18.6 Å². The summed E-state index contributed by atoms with van der Waals surface area (Å²) in [7, 11) is 0. The average Bonchev–Trinajstić information content (AvgIpc) is 1.94. The van der Waals surface area contributed by atoms with Crippen molar-refractivity contribution in [3.8, 4) is 11.8 Å². The van der Waals surface area contributed by atoms with Gasteiger partial charge in [-0.15, -0.1) is 11.8 Å². The molecule has 1 aliphatic carbocycles. The van der Waals surface area contributed by atoms with E-state index in [9.17, 15) is 4.79 Å². The summed E-state index contributed by atoms with van der Waals surface area (Å²) in [5, 5.41) is 0. The zero-order valence-electron chi connectivity index (χ0n) is 4.74. The molecule has 1 heteroatoms. The summed E-state index contributed by atoms with van der Waals surface area (Å²) in [5.74, 6) is 6.16. The number of rotatable bonds is 0. The minimum atomic E-state index is 0.350. The average molecular weight is 108 g/mol. The van der Waals surface area contributed by atoms with E-state index in [1.807, 2.05) is 0 Å². The lowest BCUT2D eigenvalue weighted by molar-refractivity contribution is -0.118. The van der Waals surface area contributed by atoms with E-state index in [2.05, 4.69) is 11.8 Å². The highest BCUT2D eigenvalue weighted by molar-refractivity contribution is 5.79. The van der Waals surface area contributed by atoms with Crippen LogP contribution in [0.2, 0.25) is 0 Å². The molecule has 1 rings (SSSR count). The minimum absolute atomic E-state index is 0.350. The zero-order valence-corrected chi connectivity index (χ0v) is 4.74. The van der Waals surface area contributed by atoms with Crippen LogP contribution in [0.1, 0.15) is 25.7 Å². The third-order valence-electron chi connectivity index (χ3n) is 1.18. The molecule has 0 aromatic rings. The molecule has 0 amide bonds. The first-order chi connectivity index (χ1) is 3.89. The number of carbonyl (C=O) groups excluding carboxylic acids is 1. The first-order valence-corrected chi connectivity index (χ1v) is 2.87. The second kappa shape index (κ2) is 2.52. The second-order valence-corrected chi connectivity index (χ2v) is 1.89. The molecule has 0 spiro atoms. The van der Waals surface area contributed by atoms with Gasteiger partial charge in [0, 0.05) is 25.7 Å². The Balaban J connectivity index is 2.43. The smallest absolute Gasteiger partial charge is 0.134 e. The number of carbonyl (C=O) groups is 1. The van der Waals surface area contributed by atoms with Gasteiger partial charge in [0.05, 0.1) is 0 Å². The maximum atomic E-state index is 10.6. The van der Waals surface area contributed by atoms with Crippen LogP contribution in [-0.2, 0) is 4.79 Å². The molecule has 0 aromatic heterocycles. The Morgan fingerprint density at radius 3 is 2.12 bits per heavy atom. The van der Waals surface area contributed by atoms with Crippen molar-refractivity contribution in [1.29, 1.82) is 0 Å². The van der Waals surface area contributed by atoms with E-state index in [0.717, 1.165) is 12.8 Å². The van der Waals surface area contributed by atoms with E-state index in [-0.39, 0.29) is 0 Å². The Morgan fingerprint density at radius 2 is 1.62 bits per heavy atom. The van der Waals surface area contributed by atoms with Gasteiger partial charge >= 0.3 is 0 Å². The third-order valence-corrected chi connectivity index (χ3v) is 1.18. The number of hydrogen-bond acceptors (Lipinski definition) is 1. The Kier molecular flexibility index (Phi) is 1.69.